The Morgan fingerprint density at radius 2 is 2.23 bits per heavy atom. The zero-order valence-corrected chi connectivity index (χ0v) is 15.1. The number of likely N-dealkylation sites (tertiary alicyclic amines) is 1. The number of rotatable bonds is 3. The van der Waals surface area contributed by atoms with E-state index < -0.39 is 0 Å². The summed E-state index contributed by atoms with van der Waals surface area (Å²) in [5, 5.41) is 0. The lowest BCUT2D eigenvalue weighted by Crippen LogP contribution is -2.44. The van der Waals surface area contributed by atoms with Gasteiger partial charge in [0.15, 0.2) is 0 Å². The minimum absolute atomic E-state index is 0.00436. The van der Waals surface area contributed by atoms with Gasteiger partial charge in [0.05, 0.1) is 6.42 Å². The first-order valence-electron chi connectivity index (χ1n) is 9.08. The van der Waals surface area contributed by atoms with Gasteiger partial charge in [0.1, 0.15) is 5.82 Å². The molecule has 0 radical (unpaired) electrons. The quantitative estimate of drug-likeness (QED) is 0.866. The van der Waals surface area contributed by atoms with E-state index >= 15 is 0 Å². The first-order valence-corrected chi connectivity index (χ1v) is 9.08. The highest BCUT2D eigenvalue weighted by Crippen LogP contribution is 2.14. The Bertz CT molecular complexity index is 818. The fourth-order valence-electron chi connectivity index (χ4n) is 3.30. The van der Waals surface area contributed by atoms with E-state index in [1.54, 1.807) is 30.3 Å². The van der Waals surface area contributed by atoms with E-state index in [0.29, 0.717) is 30.2 Å². The van der Waals surface area contributed by atoms with Gasteiger partial charge < -0.3 is 15.6 Å². The molecular weight excluding hydrogens is 330 g/mol. The average Bonchev–Trinajstić information content (AvgIpc) is 2.61. The first-order chi connectivity index (χ1) is 12.5. The molecule has 1 unspecified atom stereocenters. The van der Waals surface area contributed by atoms with Crippen molar-refractivity contribution in [1.29, 1.82) is 0 Å². The smallest absolute Gasteiger partial charge is 0.255 e. The molecule has 1 atom stereocenters. The Labute approximate surface area is 152 Å². The van der Waals surface area contributed by atoms with Crippen molar-refractivity contribution in [2.75, 3.05) is 13.1 Å². The standard InChI is InChI=1S/C19H25N5O2/c1-13-16(10-17(25)24-9-4-2-3-7-15(20)12-24)19(26)23-18(22-13)14-6-5-8-21-11-14/h5-6,8,11,15H,2-4,7,9-10,12,20H2,1H3,(H,22,23,26). The molecule has 7 nitrogen and oxygen atoms in total. The number of aromatic nitrogens is 3. The molecule has 1 amide bonds. The van der Waals surface area contributed by atoms with Gasteiger partial charge >= 0.3 is 0 Å². The number of amides is 1. The summed E-state index contributed by atoms with van der Waals surface area (Å²) in [6.07, 6.45) is 7.46. The molecule has 0 saturated carbocycles. The van der Waals surface area contributed by atoms with Gasteiger partial charge in [-0.1, -0.05) is 12.8 Å². The lowest BCUT2D eigenvalue weighted by Gasteiger charge is -2.28. The van der Waals surface area contributed by atoms with Gasteiger partial charge in [-0.05, 0) is 31.9 Å². The maximum Gasteiger partial charge on any atom is 0.255 e. The summed E-state index contributed by atoms with van der Waals surface area (Å²) in [5.41, 5.74) is 7.53. The van der Waals surface area contributed by atoms with Crippen LogP contribution < -0.4 is 11.3 Å². The summed E-state index contributed by atoms with van der Waals surface area (Å²) >= 11 is 0. The zero-order valence-electron chi connectivity index (χ0n) is 15.1. The van der Waals surface area contributed by atoms with E-state index in [1.807, 2.05) is 6.07 Å². The molecule has 0 aliphatic carbocycles. The molecule has 3 heterocycles. The van der Waals surface area contributed by atoms with Crippen molar-refractivity contribution in [1.82, 2.24) is 19.9 Å². The number of hydrogen-bond donors (Lipinski definition) is 2. The van der Waals surface area contributed by atoms with Crippen LogP contribution >= 0.6 is 0 Å². The van der Waals surface area contributed by atoms with Crippen LogP contribution in [-0.4, -0.2) is 44.9 Å². The van der Waals surface area contributed by atoms with Gasteiger partial charge in [-0.3, -0.25) is 14.6 Å². The highest BCUT2D eigenvalue weighted by atomic mass is 16.2. The van der Waals surface area contributed by atoms with Gasteiger partial charge in [0.25, 0.3) is 5.56 Å². The number of nitrogens with one attached hydrogen (secondary N) is 1. The Kier molecular flexibility index (Phi) is 5.78. The molecule has 2 aromatic rings. The van der Waals surface area contributed by atoms with Crippen LogP contribution in [0.5, 0.6) is 0 Å². The predicted molar refractivity (Wildman–Crippen MR) is 99.6 cm³/mol. The van der Waals surface area contributed by atoms with E-state index in [-0.39, 0.29) is 23.9 Å². The molecule has 1 saturated heterocycles. The van der Waals surface area contributed by atoms with Gasteiger partial charge in [-0.25, -0.2) is 4.98 Å². The number of nitrogens with zero attached hydrogens (tertiary/aromatic N) is 3. The average molecular weight is 355 g/mol. The van der Waals surface area contributed by atoms with Crippen molar-refractivity contribution in [2.45, 2.75) is 45.1 Å². The Hall–Kier alpha value is -2.54. The van der Waals surface area contributed by atoms with Crippen LogP contribution in [0.3, 0.4) is 0 Å². The fourth-order valence-corrected chi connectivity index (χ4v) is 3.30. The molecule has 3 rings (SSSR count). The number of nitrogens with two attached hydrogens (primary N) is 1. The van der Waals surface area contributed by atoms with Crippen molar-refractivity contribution in [3.8, 4) is 11.4 Å². The zero-order chi connectivity index (χ0) is 18.5. The second kappa shape index (κ2) is 8.23. The van der Waals surface area contributed by atoms with Crippen molar-refractivity contribution < 1.29 is 4.79 Å². The van der Waals surface area contributed by atoms with Gasteiger partial charge in [-0.2, -0.15) is 0 Å². The van der Waals surface area contributed by atoms with E-state index in [2.05, 4.69) is 15.0 Å². The molecule has 26 heavy (non-hydrogen) atoms. The number of carbonyl (C=O) groups excluding carboxylic acids is 1. The highest BCUT2D eigenvalue weighted by molar-refractivity contribution is 5.79. The molecule has 1 fully saturated rings. The third kappa shape index (κ3) is 4.35. The van der Waals surface area contributed by atoms with Crippen LogP contribution in [0, 0.1) is 6.92 Å². The Morgan fingerprint density at radius 1 is 1.38 bits per heavy atom. The van der Waals surface area contributed by atoms with E-state index in [1.165, 1.54) is 0 Å². The second-order valence-corrected chi connectivity index (χ2v) is 6.85. The van der Waals surface area contributed by atoms with Crippen LogP contribution in [0.2, 0.25) is 0 Å². The number of pyridine rings is 1. The van der Waals surface area contributed by atoms with Crippen LogP contribution in [0.25, 0.3) is 11.4 Å². The topological polar surface area (TPSA) is 105 Å². The maximum atomic E-state index is 12.7. The Morgan fingerprint density at radius 3 is 2.96 bits per heavy atom. The second-order valence-electron chi connectivity index (χ2n) is 6.85. The number of carbonyl (C=O) groups is 1. The Balaban J connectivity index is 1.79. The van der Waals surface area contributed by atoms with Crippen molar-refractivity contribution in [2.24, 2.45) is 5.73 Å². The molecule has 1 aliphatic rings. The van der Waals surface area contributed by atoms with E-state index in [0.717, 1.165) is 31.2 Å². The van der Waals surface area contributed by atoms with Gasteiger partial charge in [-0.15, -0.1) is 0 Å². The van der Waals surface area contributed by atoms with Crippen molar-refractivity contribution in [3.05, 3.63) is 46.1 Å². The largest absolute Gasteiger partial charge is 0.341 e. The summed E-state index contributed by atoms with van der Waals surface area (Å²) in [5.74, 6) is 0.400. The number of H-pyrrole nitrogens is 1. The monoisotopic (exact) mass is 355 g/mol. The lowest BCUT2D eigenvalue weighted by atomic mass is 10.0. The normalized spacial score (nSPS) is 18.2. The molecular formula is C19H25N5O2. The van der Waals surface area contributed by atoms with Crippen LogP contribution in [-0.2, 0) is 11.2 Å². The molecule has 3 N–H and O–H groups in total. The highest BCUT2D eigenvalue weighted by Gasteiger charge is 2.21. The predicted octanol–water partition coefficient (Wildman–Crippen LogP) is 1.41. The van der Waals surface area contributed by atoms with Crippen molar-refractivity contribution in [3.63, 3.8) is 0 Å². The molecule has 7 heteroatoms. The lowest BCUT2D eigenvalue weighted by molar-refractivity contribution is -0.131. The molecule has 1 aliphatic heterocycles. The van der Waals surface area contributed by atoms with E-state index in [9.17, 15) is 9.59 Å². The molecule has 0 aromatic carbocycles. The summed E-state index contributed by atoms with van der Waals surface area (Å²) in [4.78, 5) is 38.3. The van der Waals surface area contributed by atoms with Crippen molar-refractivity contribution >= 4 is 5.91 Å². The fraction of sp³-hybridized carbons (Fsp3) is 0.474. The molecule has 0 bridgehead atoms. The molecule has 138 valence electrons. The summed E-state index contributed by atoms with van der Waals surface area (Å²) < 4.78 is 0. The minimum atomic E-state index is -0.277. The number of hydrogen-bond acceptors (Lipinski definition) is 5. The molecule has 0 spiro atoms. The van der Waals surface area contributed by atoms with Gasteiger partial charge in [0.2, 0.25) is 5.91 Å². The summed E-state index contributed by atoms with van der Waals surface area (Å²) in [6.45, 7) is 3.01. The third-order valence-corrected chi connectivity index (χ3v) is 4.80. The minimum Gasteiger partial charge on any atom is -0.341 e. The van der Waals surface area contributed by atoms with Gasteiger partial charge in [0, 0.05) is 48.3 Å². The van der Waals surface area contributed by atoms with E-state index in [4.69, 9.17) is 5.73 Å². The summed E-state index contributed by atoms with van der Waals surface area (Å²) in [6, 6.07) is 3.62. The maximum absolute atomic E-state index is 12.7. The summed E-state index contributed by atoms with van der Waals surface area (Å²) in [7, 11) is 0. The number of aryl methyl sites for hydroxylation is 1. The molecule has 2 aromatic heterocycles. The number of aromatic amines is 1. The van der Waals surface area contributed by atoms with Crippen LogP contribution in [0.1, 0.15) is 36.9 Å². The first kappa shape index (κ1) is 18.3. The SMILES string of the molecule is Cc1nc(-c2cccnc2)[nH]c(=O)c1CC(=O)N1CCCCCC(N)C1. The van der Waals surface area contributed by atoms with Crippen LogP contribution in [0.15, 0.2) is 29.3 Å². The third-order valence-electron chi connectivity index (χ3n) is 4.80. The van der Waals surface area contributed by atoms with Crippen LogP contribution in [0.4, 0.5) is 0 Å².